The van der Waals surface area contributed by atoms with Gasteiger partial charge in [0.25, 0.3) is 0 Å². The molecular formula is C12H17ClN6O. The van der Waals surface area contributed by atoms with E-state index >= 15 is 0 Å². The molecule has 0 aromatic carbocycles. The largest absolute Gasteiger partial charge is 0.379 e. The average Bonchev–Trinajstić information content (AvgIpc) is 2.75. The van der Waals surface area contributed by atoms with Gasteiger partial charge in [0, 0.05) is 39.4 Å². The normalized spacial score (nSPS) is 16.7. The second-order valence-corrected chi connectivity index (χ2v) is 5.08. The van der Waals surface area contributed by atoms with Crippen molar-refractivity contribution in [1.82, 2.24) is 24.6 Å². The van der Waals surface area contributed by atoms with Gasteiger partial charge in [0.05, 0.1) is 18.6 Å². The summed E-state index contributed by atoms with van der Waals surface area (Å²) in [4.78, 5) is 11.0. The molecule has 1 saturated heterocycles. The molecule has 0 spiro atoms. The van der Waals surface area contributed by atoms with Crippen molar-refractivity contribution in [2.45, 2.75) is 0 Å². The molecule has 2 aromatic rings. The van der Waals surface area contributed by atoms with Crippen LogP contribution < -0.4 is 5.32 Å². The molecule has 0 radical (unpaired) electrons. The summed E-state index contributed by atoms with van der Waals surface area (Å²) in [6.45, 7) is 5.36. The molecule has 1 N–H and O–H groups in total. The van der Waals surface area contributed by atoms with Crippen LogP contribution in [0, 0.1) is 0 Å². The predicted octanol–water partition coefficient (Wildman–Crippen LogP) is 0.761. The molecule has 7 nitrogen and oxygen atoms in total. The summed E-state index contributed by atoms with van der Waals surface area (Å²) in [5.74, 6) is 0.602. The lowest BCUT2D eigenvalue weighted by Crippen LogP contribution is -2.39. The number of ether oxygens (including phenoxy) is 1. The first-order valence-electron chi connectivity index (χ1n) is 6.63. The van der Waals surface area contributed by atoms with Crippen LogP contribution >= 0.6 is 11.6 Å². The lowest BCUT2D eigenvalue weighted by molar-refractivity contribution is 0.0398. The fourth-order valence-corrected chi connectivity index (χ4v) is 2.48. The first kappa shape index (κ1) is 13.5. The predicted molar refractivity (Wildman–Crippen MR) is 77.1 cm³/mol. The van der Waals surface area contributed by atoms with E-state index in [-0.39, 0.29) is 0 Å². The molecule has 0 bridgehead atoms. The monoisotopic (exact) mass is 296 g/mol. The van der Waals surface area contributed by atoms with Crippen LogP contribution in [0.25, 0.3) is 11.0 Å². The van der Waals surface area contributed by atoms with E-state index in [9.17, 15) is 0 Å². The van der Waals surface area contributed by atoms with Crippen molar-refractivity contribution in [2.75, 3.05) is 44.7 Å². The van der Waals surface area contributed by atoms with E-state index in [2.05, 4.69) is 25.3 Å². The minimum atomic E-state index is 0.433. The Kier molecular flexibility index (Phi) is 4.00. The molecule has 2 aromatic heterocycles. The summed E-state index contributed by atoms with van der Waals surface area (Å²) >= 11 is 5.99. The summed E-state index contributed by atoms with van der Waals surface area (Å²) in [6, 6.07) is 0. The van der Waals surface area contributed by atoms with Gasteiger partial charge in [0.1, 0.15) is 0 Å². The van der Waals surface area contributed by atoms with Crippen molar-refractivity contribution >= 4 is 28.6 Å². The van der Waals surface area contributed by atoms with Crippen molar-refractivity contribution in [1.29, 1.82) is 0 Å². The molecule has 3 rings (SSSR count). The van der Waals surface area contributed by atoms with Crippen LogP contribution in [0.15, 0.2) is 6.20 Å². The number of halogens is 1. The van der Waals surface area contributed by atoms with E-state index in [1.807, 2.05) is 7.05 Å². The van der Waals surface area contributed by atoms with E-state index in [1.165, 1.54) is 0 Å². The molecule has 1 aliphatic rings. The Morgan fingerprint density at radius 1 is 1.40 bits per heavy atom. The first-order valence-corrected chi connectivity index (χ1v) is 7.01. The van der Waals surface area contributed by atoms with Crippen LogP contribution in [0.3, 0.4) is 0 Å². The SMILES string of the molecule is Cn1nc(Cl)c2cnc(NCCN3CCOCC3)nc21. The summed E-state index contributed by atoms with van der Waals surface area (Å²) in [5, 5.41) is 8.55. The first-order chi connectivity index (χ1) is 9.74. The van der Waals surface area contributed by atoms with Crippen LogP contribution in [0.2, 0.25) is 5.15 Å². The molecule has 1 fully saturated rings. The zero-order chi connectivity index (χ0) is 13.9. The second-order valence-electron chi connectivity index (χ2n) is 4.73. The summed E-state index contributed by atoms with van der Waals surface area (Å²) in [6.07, 6.45) is 1.70. The van der Waals surface area contributed by atoms with Gasteiger partial charge in [0.2, 0.25) is 5.95 Å². The maximum Gasteiger partial charge on any atom is 0.224 e. The fourth-order valence-electron chi connectivity index (χ4n) is 2.23. The number of nitrogens with zero attached hydrogens (tertiary/aromatic N) is 5. The Hall–Kier alpha value is -1.44. The second kappa shape index (κ2) is 5.90. The molecule has 0 atom stereocenters. The minimum absolute atomic E-state index is 0.433. The third kappa shape index (κ3) is 2.84. The number of fused-ring (bicyclic) bond motifs is 1. The van der Waals surface area contributed by atoms with Crippen molar-refractivity contribution in [3.63, 3.8) is 0 Å². The van der Waals surface area contributed by atoms with Crippen LogP contribution in [-0.4, -0.2) is 64.0 Å². The van der Waals surface area contributed by atoms with Gasteiger partial charge in [-0.2, -0.15) is 10.1 Å². The van der Waals surface area contributed by atoms with E-state index in [0.717, 1.165) is 50.4 Å². The number of nitrogens with one attached hydrogen (secondary N) is 1. The summed E-state index contributed by atoms with van der Waals surface area (Å²) < 4.78 is 6.98. The number of hydrogen-bond acceptors (Lipinski definition) is 6. The lowest BCUT2D eigenvalue weighted by Gasteiger charge is -2.26. The van der Waals surface area contributed by atoms with Crippen molar-refractivity contribution in [3.05, 3.63) is 11.3 Å². The summed E-state index contributed by atoms with van der Waals surface area (Å²) in [5.41, 5.74) is 0.735. The van der Waals surface area contributed by atoms with Crippen molar-refractivity contribution < 1.29 is 4.74 Å². The molecular weight excluding hydrogens is 280 g/mol. The van der Waals surface area contributed by atoms with Gasteiger partial charge in [0.15, 0.2) is 10.8 Å². The Bertz CT molecular complexity index is 595. The zero-order valence-corrected chi connectivity index (χ0v) is 12.1. The maximum atomic E-state index is 5.99. The van der Waals surface area contributed by atoms with Crippen molar-refractivity contribution in [2.24, 2.45) is 7.05 Å². The van der Waals surface area contributed by atoms with Gasteiger partial charge in [-0.1, -0.05) is 11.6 Å². The Morgan fingerprint density at radius 3 is 3.00 bits per heavy atom. The summed E-state index contributed by atoms with van der Waals surface area (Å²) in [7, 11) is 1.82. The van der Waals surface area contributed by atoms with Crippen LogP contribution in [-0.2, 0) is 11.8 Å². The average molecular weight is 297 g/mol. The molecule has 20 heavy (non-hydrogen) atoms. The molecule has 0 saturated carbocycles. The van der Waals surface area contributed by atoms with E-state index in [1.54, 1.807) is 10.9 Å². The number of aromatic nitrogens is 4. The van der Waals surface area contributed by atoms with Crippen LogP contribution in [0.1, 0.15) is 0 Å². The van der Waals surface area contributed by atoms with Crippen LogP contribution in [0.5, 0.6) is 0 Å². The zero-order valence-electron chi connectivity index (χ0n) is 11.3. The number of rotatable bonds is 4. The lowest BCUT2D eigenvalue weighted by atomic mass is 10.4. The van der Waals surface area contributed by atoms with E-state index < -0.39 is 0 Å². The quantitative estimate of drug-likeness (QED) is 0.898. The van der Waals surface area contributed by atoms with Gasteiger partial charge in [-0.25, -0.2) is 9.67 Å². The topological polar surface area (TPSA) is 68.1 Å². The third-order valence-corrected chi connectivity index (χ3v) is 3.63. The molecule has 0 aliphatic carbocycles. The highest BCUT2D eigenvalue weighted by Gasteiger charge is 2.11. The van der Waals surface area contributed by atoms with E-state index in [0.29, 0.717) is 11.1 Å². The number of hydrogen-bond donors (Lipinski definition) is 1. The molecule has 1 aliphatic heterocycles. The highest BCUT2D eigenvalue weighted by molar-refractivity contribution is 6.34. The van der Waals surface area contributed by atoms with E-state index in [4.69, 9.17) is 16.3 Å². The standard InChI is InChI=1S/C12H17ClN6O/c1-18-11-9(10(13)17-18)8-15-12(16-11)14-2-3-19-4-6-20-7-5-19/h8H,2-7H2,1H3,(H,14,15,16). The van der Waals surface area contributed by atoms with Gasteiger partial charge in [-0.15, -0.1) is 0 Å². The van der Waals surface area contributed by atoms with Gasteiger partial charge >= 0.3 is 0 Å². The molecule has 8 heteroatoms. The molecule has 108 valence electrons. The van der Waals surface area contributed by atoms with Gasteiger partial charge < -0.3 is 10.1 Å². The Labute approximate surface area is 121 Å². The highest BCUT2D eigenvalue weighted by atomic mass is 35.5. The third-order valence-electron chi connectivity index (χ3n) is 3.35. The smallest absolute Gasteiger partial charge is 0.224 e. The Morgan fingerprint density at radius 2 is 2.20 bits per heavy atom. The highest BCUT2D eigenvalue weighted by Crippen LogP contribution is 2.20. The van der Waals surface area contributed by atoms with Gasteiger partial charge in [-0.3, -0.25) is 4.90 Å². The Balaban J connectivity index is 1.61. The van der Waals surface area contributed by atoms with Crippen molar-refractivity contribution in [3.8, 4) is 0 Å². The molecule has 3 heterocycles. The minimum Gasteiger partial charge on any atom is -0.379 e. The molecule has 0 unspecified atom stereocenters. The molecule has 0 amide bonds. The van der Waals surface area contributed by atoms with Gasteiger partial charge in [-0.05, 0) is 0 Å². The number of aryl methyl sites for hydroxylation is 1. The number of anilines is 1. The maximum absolute atomic E-state index is 5.99. The fraction of sp³-hybridized carbons (Fsp3) is 0.583. The van der Waals surface area contributed by atoms with Crippen LogP contribution in [0.4, 0.5) is 5.95 Å². The number of morpholine rings is 1.